The van der Waals surface area contributed by atoms with Crippen LogP contribution in [0.2, 0.25) is 0 Å². The second-order valence-electron chi connectivity index (χ2n) is 6.14. The first-order valence-electron chi connectivity index (χ1n) is 6.94. The molecule has 1 unspecified atom stereocenters. The molecule has 0 saturated carbocycles. The SMILES string of the molecule is CC(C)(C)OC(=O)N1CCC(Oc2ccc(Br)cc2N)C1. The fourth-order valence-electron chi connectivity index (χ4n) is 2.12. The Balaban J connectivity index is 1.92. The maximum absolute atomic E-state index is 12.0. The first-order valence-corrected chi connectivity index (χ1v) is 7.73. The van der Waals surface area contributed by atoms with Crippen LogP contribution in [0.15, 0.2) is 22.7 Å². The number of ether oxygens (including phenoxy) is 2. The molecular weight excluding hydrogens is 336 g/mol. The Hall–Kier alpha value is -1.43. The monoisotopic (exact) mass is 356 g/mol. The van der Waals surface area contributed by atoms with Gasteiger partial charge >= 0.3 is 6.09 Å². The summed E-state index contributed by atoms with van der Waals surface area (Å²) >= 11 is 3.36. The number of hydrogen-bond donors (Lipinski definition) is 1. The van der Waals surface area contributed by atoms with E-state index in [2.05, 4.69) is 15.9 Å². The van der Waals surface area contributed by atoms with E-state index in [-0.39, 0.29) is 12.2 Å². The molecule has 2 N–H and O–H groups in total. The number of likely N-dealkylation sites (tertiary alicyclic amines) is 1. The lowest BCUT2D eigenvalue weighted by Crippen LogP contribution is -2.36. The number of hydrogen-bond acceptors (Lipinski definition) is 4. The number of anilines is 1. The number of carbonyl (C=O) groups is 1. The summed E-state index contributed by atoms with van der Waals surface area (Å²) in [7, 11) is 0. The van der Waals surface area contributed by atoms with Crippen molar-refractivity contribution in [3.8, 4) is 5.75 Å². The second kappa shape index (κ2) is 6.13. The summed E-state index contributed by atoms with van der Waals surface area (Å²) in [6.07, 6.45) is 0.424. The summed E-state index contributed by atoms with van der Waals surface area (Å²) < 4.78 is 12.1. The van der Waals surface area contributed by atoms with E-state index in [9.17, 15) is 4.79 Å². The van der Waals surface area contributed by atoms with Crippen LogP contribution in [0.4, 0.5) is 10.5 Å². The van der Waals surface area contributed by atoms with Gasteiger partial charge in [0.15, 0.2) is 0 Å². The van der Waals surface area contributed by atoms with E-state index in [0.29, 0.717) is 24.5 Å². The maximum atomic E-state index is 12.0. The predicted molar refractivity (Wildman–Crippen MR) is 85.4 cm³/mol. The standard InChI is InChI=1S/C15H21BrN2O3/c1-15(2,3)21-14(19)18-7-6-11(9-18)20-13-5-4-10(16)8-12(13)17/h4-5,8,11H,6-7,9,17H2,1-3H3. The summed E-state index contributed by atoms with van der Waals surface area (Å²) in [5.41, 5.74) is 6.02. The van der Waals surface area contributed by atoms with Crippen molar-refractivity contribution in [2.24, 2.45) is 0 Å². The Bertz CT molecular complexity index is 528. The molecule has 1 fully saturated rings. The Kier molecular flexibility index (Phi) is 4.66. The fraction of sp³-hybridized carbons (Fsp3) is 0.533. The Morgan fingerprint density at radius 1 is 1.43 bits per heavy atom. The molecule has 1 aromatic rings. The molecule has 1 heterocycles. The van der Waals surface area contributed by atoms with Gasteiger partial charge in [-0.15, -0.1) is 0 Å². The molecule has 0 aromatic heterocycles. The molecule has 5 nitrogen and oxygen atoms in total. The highest BCUT2D eigenvalue weighted by molar-refractivity contribution is 9.10. The molecule has 1 amide bonds. The molecular formula is C15H21BrN2O3. The molecule has 1 atom stereocenters. The molecule has 0 aliphatic carbocycles. The van der Waals surface area contributed by atoms with Crippen LogP contribution in [-0.2, 0) is 4.74 Å². The minimum Gasteiger partial charge on any atom is -0.486 e. The number of nitrogens with zero attached hydrogens (tertiary/aromatic N) is 1. The topological polar surface area (TPSA) is 64.8 Å². The lowest BCUT2D eigenvalue weighted by molar-refractivity contribution is 0.0276. The molecule has 116 valence electrons. The molecule has 1 aliphatic heterocycles. The van der Waals surface area contributed by atoms with Crippen LogP contribution in [-0.4, -0.2) is 35.8 Å². The lowest BCUT2D eigenvalue weighted by Gasteiger charge is -2.24. The van der Waals surface area contributed by atoms with Gasteiger partial charge in [-0.25, -0.2) is 4.79 Å². The van der Waals surface area contributed by atoms with Crippen molar-refractivity contribution >= 4 is 27.7 Å². The Morgan fingerprint density at radius 2 is 2.14 bits per heavy atom. The van der Waals surface area contributed by atoms with Crippen molar-refractivity contribution in [1.82, 2.24) is 4.90 Å². The van der Waals surface area contributed by atoms with Crippen molar-refractivity contribution in [1.29, 1.82) is 0 Å². The van der Waals surface area contributed by atoms with E-state index in [1.807, 2.05) is 32.9 Å². The summed E-state index contributed by atoms with van der Waals surface area (Å²) in [4.78, 5) is 13.7. The van der Waals surface area contributed by atoms with Gasteiger partial charge < -0.3 is 20.1 Å². The molecule has 1 aliphatic rings. The van der Waals surface area contributed by atoms with E-state index in [1.54, 1.807) is 11.0 Å². The molecule has 0 radical (unpaired) electrons. The van der Waals surface area contributed by atoms with E-state index >= 15 is 0 Å². The van der Waals surface area contributed by atoms with Gasteiger partial charge in [0.2, 0.25) is 0 Å². The number of carbonyl (C=O) groups excluding carboxylic acids is 1. The summed E-state index contributed by atoms with van der Waals surface area (Å²) in [6, 6.07) is 5.51. The van der Waals surface area contributed by atoms with E-state index < -0.39 is 5.60 Å². The van der Waals surface area contributed by atoms with Crippen LogP contribution in [0.1, 0.15) is 27.2 Å². The summed E-state index contributed by atoms with van der Waals surface area (Å²) in [6.45, 7) is 6.73. The highest BCUT2D eigenvalue weighted by atomic mass is 79.9. The van der Waals surface area contributed by atoms with Gasteiger partial charge in [0.05, 0.1) is 12.2 Å². The third-order valence-electron chi connectivity index (χ3n) is 3.06. The van der Waals surface area contributed by atoms with Gasteiger partial charge in [-0.3, -0.25) is 0 Å². The van der Waals surface area contributed by atoms with Crippen LogP contribution in [0, 0.1) is 0 Å². The van der Waals surface area contributed by atoms with Crippen LogP contribution < -0.4 is 10.5 Å². The largest absolute Gasteiger partial charge is 0.486 e. The van der Waals surface area contributed by atoms with Gasteiger partial charge in [0.25, 0.3) is 0 Å². The van der Waals surface area contributed by atoms with E-state index in [0.717, 1.165) is 10.9 Å². The number of halogens is 1. The van der Waals surface area contributed by atoms with Crippen molar-refractivity contribution in [2.45, 2.75) is 38.9 Å². The number of amides is 1. The Morgan fingerprint density at radius 3 is 2.76 bits per heavy atom. The highest BCUT2D eigenvalue weighted by Crippen LogP contribution is 2.28. The molecule has 1 saturated heterocycles. The summed E-state index contributed by atoms with van der Waals surface area (Å²) in [5, 5.41) is 0. The zero-order valence-corrected chi connectivity index (χ0v) is 14.1. The third-order valence-corrected chi connectivity index (χ3v) is 3.56. The smallest absolute Gasteiger partial charge is 0.410 e. The third kappa shape index (κ3) is 4.52. The second-order valence-corrected chi connectivity index (χ2v) is 7.05. The van der Waals surface area contributed by atoms with Crippen LogP contribution >= 0.6 is 15.9 Å². The molecule has 2 rings (SSSR count). The van der Waals surface area contributed by atoms with Gasteiger partial charge in [-0.2, -0.15) is 0 Å². The molecule has 0 bridgehead atoms. The van der Waals surface area contributed by atoms with Gasteiger partial charge in [0.1, 0.15) is 17.5 Å². The molecule has 6 heteroatoms. The lowest BCUT2D eigenvalue weighted by atomic mass is 10.2. The van der Waals surface area contributed by atoms with Gasteiger partial charge in [-0.1, -0.05) is 15.9 Å². The molecule has 0 spiro atoms. The summed E-state index contributed by atoms with van der Waals surface area (Å²) in [5.74, 6) is 0.647. The fourth-order valence-corrected chi connectivity index (χ4v) is 2.50. The normalized spacial score (nSPS) is 18.7. The minimum absolute atomic E-state index is 0.0546. The minimum atomic E-state index is -0.480. The number of nitrogen functional groups attached to an aromatic ring is 1. The van der Waals surface area contributed by atoms with Gasteiger partial charge in [-0.05, 0) is 39.0 Å². The van der Waals surface area contributed by atoms with Crippen molar-refractivity contribution in [3.63, 3.8) is 0 Å². The van der Waals surface area contributed by atoms with E-state index in [1.165, 1.54) is 0 Å². The first kappa shape index (κ1) is 15.9. The number of rotatable bonds is 2. The molecule has 1 aromatic carbocycles. The number of benzene rings is 1. The molecule has 21 heavy (non-hydrogen) atoms. The average molecular weight is 357 g/mol. The maximum Gasteiger partial charge on any atom is 0.410 e. The van der Waals surface area contributed by atoms with Crippen LogP contribution in [0.25, 0.3) is 0 Å². The zero-order chi connectivity index (χ0) is 15.6. The van der Waals surface area contributed by atoms with E-state index in [4.69, 9.17) is 15.2 Å². The van der Waals surface area contributed by atoms with Crippen LogP contribution in [0.3, 0.4) is 0 Å². The van der Waals surface area contributed by atoms with Crippen LogP contribution in [0.5, 0.6) is 5.75 Å². The van der Waals surface area contributed by atoms with Crippen molar-refractivity contribution in [3.05, 3.63) is 22.7 Å². The van der Waals surface area contributed by atoms with Crippen molar-refractivity contribution in [2.75, 3.05) is 18.8 Å². The first-order chi connectivity index (χ1) is 9.74. The number of nitrogens with two attached hydrogens (primary N) is 1. The quantitative estimate of drug-likeness (QED) is 0.824. The van der Waals surface area contributed by atoms with Gasteiger partial charge in [0, 0.05) is 17.4 Å². The average Bonchev–Trinajstić information content (AvgIpc) is 2.79. The predicted octanol–water partition coefficient (Wildman–Crippen LogP) is 3.42. The Labute approximate surface area is 133 Å². The highest BCUT2D eigenvalue weighted by Gasteiger charge is 2.31. The zero-order valence-electron chi connectivity index (χ0n) is 12.6. The van der Waals surface area contributed by atoms with Crippen molar-refractivity contribution < 1.29 is 14.3 Å².